The Labute approximate surface area is 245 Å². The highest BCUT2D eigenvalue weighted by Gasteiger charge is 2.40. The smallest absolute Gasteiger partial charge is 0.192 e. The van der Waals surface area contributed by atoms with Crippen molar-refractivity contribution in [1.82, 2.24) is 0 Å². The molecular formula is C36H66O2Si. The van der Waals surface area contributed by atoms with E-state index < -0.39 is 8.32 Å². The lowest BCUT2D eigenvalue weighted by Crippen LogP contribution is -2.46. The molecule has 0 aliphatic rings. The summed E-state index contributed by atoms with van der Waals surface area (Å²) in [6.45, 7) is 21.4. The molecule has 3 heteroatoms. The Kier molecular flexibility index (Phi) is 19.4. The lowest BCUT2D eigenvalue weighted by molar-refractivity contribution is -0.00870. The van der Waals surface area contributed by atoms with Gasteiger partial charge in [0.1, 0.15) is 0 Å². The van der Waals surface area contributed by atoms with Gasteiger partial charge in [-0.1, -0.05) is 154 Å². The average molecular weight is 559 g/mol. The third-order valence-electron chi connectivity index (χ3n) is 8.88. The Bertz CT molecular complexity index is 709. The Morgan fingerprint density at radius 1 is 0.769 bits per heavy atom. The van der Waals surface area contributed by atoms with Crippen LogP contribution in [0.2, 0.25) is 18.1 Å². The minimum Gasteiger partial charge on any atom is -0.413 e. The summed E-state index contributed by atoms with van der Waals surface area (Å²) in [7, 11) is -1.92. The minimum absolute atomic E-state index is 0.185. The van der Waals surface area contributed by atoms with Crippen molar-refractivity contribution in [3.05, 3.63) is 48.6 Å². The molecule has 0 aliphatic carbocycles. The van der Waals surface area contributed by atoms with E-state index in [1.165, 1.54) is 95.5 Å². The van der Waals surface area contributed by atoms with Gasteiger partial charge in [-0.2, -0.15) is 0 Å². The Hall–Kier alpha value is -0.903. The summed E-state index contributed by atoms with van der Waals surface area (Å²) in [4.78, 5) is 0. The van der Waals surface area contributed by atoms with Crippen LogP contribution < -0.4 is 0 Å². The van der Waals surface area contributed by atoms with E-state index in [9.17, 15) is 0 Å². The maximum atomic E-state index is 7.17. The first-order chi connectivity index (χ1) is 18.6. The molecule has 39 heavy (non-hydrogen) atoms. The van der Waals surface area contributed by atoms with E-state index in [4.69, 9.17) is 9.16 Å². The summed E-state index contributed by atoms with van der Waals surface area (Å²) in [5, 5.41) is 0.191. The predicted octanol–water partition coefficient (Wildman–Crippen LogP) is 12.0. The maximum absolute atomic E-state index is 7.17. The molecule has 0 N–H and O–H groups in total. The second-order valence-corrected chi connectivity index (χ2v) is 18.2. The molecule has 0 amide bonds. The molecular weight excluding hydrogens is 492 g/mol. The van der Waals surface area contributed by atoms with E-state index in [0.717, 1.165) is 12.8 Å². The molecule has 1 aromatic rings. The molecule has 0 saturated heterocycles. The van der Waals surface area contributed by atoms with Crippen molar-refractivity contribution in [3.63, 3.8) is 0 Å². The second-order valence-electron chi connectivity index (χ2n) is 13.4. The van der Waals surface area contributed by atoms with Crippen LogP contribution in [0.25, 0.3) is 0 Å². The van der Waals surface area contributed by atoms with E-state index in [-0.39, 0.29) is 17.2 Å². The minimum atomic E-state index is -1.92. The van der Waals surface area contributed by atoms with Gasteiger partial charge in [0.2, 0.25) is 0 Å². The van der Waals surface area contributed by atoms with Crippen molar-refractivity contribution >= 4 is 8.32 Å². The van der Waals surface area contributed by atoms with Crippen LogP contribution >= 0.6 is 0 Å². The van der Waals surface area contributed by atoms with E-state index >= 15 is 0 Å². The number of rotatable bonds is 24. The molecule has 2 nitrogen and oxygen atoms in total. The summed E-state index contributed by atoms with van der Waals surface area (Å²) in [5.74, 6) is 0.391. The molecule has 226 valence electrons. The van der Waals surface area contributed by atoms with Gasteiger partial charge in [-0.3, -0.25) is 0 Å². The van der Waals surface area contributed by atoms with Crippen LogP contribution in [-0.2, 0) is 15.8 Å². The summed E-state index contributed by atoms with van der Waals surface area (Å²) < 4.78 is 13.8. The van der Waals surface area contributed by atoms with Crippen LogP contribution in [0.5, 0.6) is 0 Å². The molecule has 0 radical (unpaired) electrons. The van der Waals surface area contributed by atoms with Crippen molar-refractivity contribution in [2.75, 3.05) is 0 Å². The normalized spacial score (nSPS) is 14.7. The fraction of sp³-hybridized carbons (Fsp3) is 0.778. The summed E-state index contributed by atoms with van der Waals surface area (Å²) in [6.07, 6.45) is 23.3. The van der Waals surface area contributed by atoms with E-state index in [1.54, 1.807) is 0 Å². The van der Waals surface area contributed by atoms with E-state index in [0.29, 0.717) is 12.5 Å². The van der Waals surface area contributed by atoms with Crippen LogP contribution in [0.1, 0.15) is 143 Å². The molecule has 0 aliphatic heterocycles. The Balaban J connectivity index is 2.88. The topological polar surface area (TPSA) is 18.5 Å². The third-order valence-corrected chi connectivity index (χ3v) is 13.4. The Morgan fingerprint density at radius 2 is 1.28 bits per heavy atom. The zero-order chi connectivity index (χ0) is 29.0. The highest BCUT2D eigenvalue weighted by atomic mass is 28.4. The van der Waals surface area contributed by atoms with E-state index in [1.807, 2.05) is 0 Å². The summed E-state index contributed by atoms with van der Waals surface area (Å²) in [5.41, 5.74) is 1.26. The lowest BCUT2D eigenvalue weighted by atomic mass is 9.90. The first kappa shape index (κ1) is 36.1. The molecule has 0 unspecified atom stereocenters. The lowest BCUT2D eigenvalue weighted by Gasteiger charge is -2.42. The molecule has 0 bridgehead atoms. The molecule has 1 aromatic carbocycles. The van der Waals surface area contributed by atoms with Gasteiger partial charge in [-0.05, 0) is 43.0 Å². The van der Waals surface area contributed by atoms with Gasteiger partial charge in [0.05, 0.1) is 18.8 Å². The van der Waals surface area contributed by atoms with Crippen LogP contribution in [0.4, 0.5) is 0 Å². The largest absolute Gasteiger partial charge is 0.413 e. The van der Waals surface area contributed by atoms with Gasteiger partial charge in [-0.25, -0.2) is 0 Å². The number of benzene rings is 1. The fourth-order valence-corrected chi connectivity index (χ4v) is 6.51. The first-order valence-corrected chi connectivity index (χ1v) is 19.5. The van der Waals surface area contributed by atoms with Gasteiger partial charge in [0.15, 0.2) is 8.32 Å². The average Bonchev–Trinajstić information content (AvgIpc) is 2.90. The zero-order valence-corrected chi connectivity index (χ0v) is 28.2. The van der Waals surface area contributed by atoms with Crippen LogP contribution in [0, 0.1) is 5.92 Å². The predicted molar refractivity (Wildman–Crippen MR) is 176 cm³/mol. The molecule has 1 rings (SSSR count). The quantitative estimate of drug-likeness (QED) is 0.0713. The van der Waals surface area contributed by atoms with Crippen LogP contribution in [-0.4, -0.2) is 20.5 Å². The van der Waals surface area contributed by atoms with Gasteiger partial charge >= 0.3 is 0 Å². The Morgan fingerprint density at radius 3 is 1.82 bits per heavy atom. The highest BCUT2D eigenvalue weighted by molar-refractivity contribution is 6.74. The molecule has 3 atom stereocenters. The van der Waals surface area contributed by atoms with Gasteiger partial charge in [0.25, 0.3) is 0 Å². The van der Waals surface area contributed by atoms with Crippen molar-refractivity contribution < 1.29 is 9.16 Å². The molecule has 0 fully saturated rings. The summed E-state index contributed by atoms with van der Waals surface area (Å²) in [6, 6.07) is 10.7. The first-order valence-electron chi connectivity index (χ1n) is 16.6. The van der Waals surface area contributed by atoms with E-state index in [2.05, 4.69) is 90.7 Å². The summed E-state index contributed by atoms with van der Waals surface area (Å²) >= 11 is 0. The molecule has 0 saturated carbocycles. The SMILES string of the molecule is C=C[C@H](CCCCCC)[C@H](C[C@@H](CCCCCCCCCCC)OCc1ccccc1)O[Si](C)(C)C(C)(C)C. The number of hydrogen-bond donors (Lipinski definition) is 0. The van der Waals surface area contributed by atoms with Crippen LogP contribution in [0.3, 0.4) is 0 Å². The van der Waals surface area contributed by atoms with Crippen LogP contribution in [0.15, 0.2) is 43.0 Å². The number of ether oxygens (including phenoxy) is 1. The van der Waals surface area contributed by atoms with Crippen molar-refractivity contribution in [3.8, 4) is 0 Å². The third kappa shape index (κ3) is 16.2. The monoisotopic (exact) mass is 558 g/mol. The highest BCUT2D eigenvalue weighted by Crippen LogP contribution is 2.39. The molecule has 0 heterocycles. The number of unbranched alkanes of at least 4 members (excludes halogenated alkanes) is 11. The molecule has 0 aromatic heterocycles. The number of hydrogen-bond acceptors (Lipinski definition) is 2. The van der Waals surface area contributed by atoms with Gasteiger partial charge in [0, 0.05) is 5.92 Å². The molecule has 0 spiro atoms. The maximum Gasteiger partial charge on any atom is 0.192 e. The van der Waals surface area contributed by atoms with Crippen molar-refractivity contribution in [2.45, 2.75) is 174 Å². The van der Waals surface area contributed by atoms with Gasteiger partial charge in [-0.15, -0.1) is 6.58 Å². The van der Waals surface area contributed by atoms with Crippen molar-refractivity contribution in [2.24, 2.45) is 5.92 Å². The standard InChI is InChI=1S/C36H66O2Si/c1-9-12-14-16-17-18-19-20-25-29-34(37-31-32-26-22-21-23-27-32)30-35(38-39(7,8)36(4,5)6)33(11-3)28-24-15-13-10-2/h11,21-23,26-27,33-35H,3,9-10,12-20,24-25,28-31H2,1-2,4-8H3/t33-,34-,35+/m1/s1. The fourth-order valence-electron chi connectivity index (χ4n) is 5.13. The second kappa shape index (κ2) is 20.9. The zero-order valence-electron chi connectivity index (χ0n) is 27.2. The van der Waals surface area contributed by atoms with Crippen molar-refractivity contribution in [1.29, 1.82) is 0 Å². The van der Waals surface area contributed by atoms with Gasteiger partial charge < -0.3 is 9.16 Å².